The van der Waals surface area contributed by atoms with E-state index in [9.17, 15) is 9.59 Å². The fraction of sp³-hybridized carbons (Fsp3) is 0.619. The largest absolute Gasteiger partial charge is 0.357 e. The van der Waals surface area contributed by atoms with Crippen LogP contribution in [0.5, 0.6) is 0 Å². The number of hydrogen-bond donors (Lipinski definition) is 2. The van der Waals surface area contributed by atoms with Crippen molar-refractivity contribution in [1.29, 1.82) is 0 Å². The average Bonchev–Trinajstić information content (AvgIpc) is 2.72. The van der Waals surface area contributed by atoms with Gasteiger partial charge in [0.1, 0.15) is 0 Å². The van der Waals surface area contributed by atoms with Gasteiger partial charge in [0.25, 0.3) is 0 Å². The molecular formula is C21H33IN6O2. The molecule has 1 aromatic rings. The fourth-order valence-corrected chi connectivity index (χ4v) is 3.78. The Morgan fingerprint density at radius 1 is 1.20 bits per heavy atom. The summed E-state index contributed by atoms with van der Waals surface area (Å²) >= 11 is 0. The molecule has 2 fully saturated rings. The van der Waals surface area contributed by atoms with Gasteiger partial charge in [-0.1, -0.05) is 6.07 Å². The molecule has 166 valence electrons. The molecule has 2 saturated heterocycles. The summed E-state index contributed by atoms with van der Waals surface area (Å²) in [4.78, 5) is 36.6. The molecule has 3 rings (SSSR count). The van der Waals surface area contributed by atoms with Gasteiger partial charge in [0.15, 0.2) is 5.96 Å². The smallest absolute Gasteiger partial charge is 0.229 e. The van der Waals surface area contributed by atoms with E-state index in [0.717, 1.165) is 50.7 Å². The predicted molar refractivity (Wildman–Crippen MR) is 128 cm³/mol. The number of aromatic nitrogens is 1. The van der Waals surface area contributed by atoms with Gasteiger partial charge in [0.2, 0.25) is 11.8 Å². The second kappa shape index (κ2) is 12.8. The van der Waals surface area contributed by atoms with Gasteiger partial charge in [-0.3, -0.25) is 29.4 Å². The summed E-state index contributed by atoms with van der Waals surface area (Å²) in [6.07, 6.45) is 5.52. The van der Waals surface area contributed by atoms with Crippen molar-refractivity contribution in [3.63, 3.8) is 0 Å². The zero-order valence-electron chi connectivity index (χ0n) is 17.7. The molecule has 1 aromatic heterocycles. The Bertz CT molecular complexity index is 691. The molecule has 2 aliphatic rings. The lowest BCUT2D eigenvalue weighted by atomic mass is 10.0. The fourth-order valence-electron chi connectivity index (χ4n) is 3.78. The zero-order valence-corrected chi connectivity index (χ0v) is 20.0. The highest BCUT2D eigenvalue weighted by atomic mass is 127. The average molecular weight is 528 g/mol. The molecule has 0 bridgehead atoms. The first-order valence-corrected chi connectivity index (χ1v) is 10.7. The van der Waals surface area contributed by atoms with Gasteiger partial charge >= 0.3 is 0 Å². The highest BCUT2D eigenvalue weighted by Gasteiger charge is 2.25. The molecule has 2 N–H and O–H groups in total. The number of nitrogens with zero attached hydrogens (tertiary/aromatic N) is 4. The summed E-state index contributed by atoms with van der Waals surface area (Å²) in [5.41, 5.74) is 1.11. The van der Waals surface area contributed by atoms with E-state index in [0.29, 0.717) is 38.4 Å². The Morgan fingerprint density at radius 2 is 1.93 bits per heavy atom. The molecule has 0 unspecified atom stereocenters. The third-order valence-electron chi connectivity index (χ3n) is 5.36. The standard InChI is InChI=1S/C21H32N6O2.HI/c1-2-22-21(24-12-15-27-19(28)7-5-8-20(27)29)25-17-9-13-26(14-10-17)16-18-6-3-4-11-23-18;/h3-4,6,11,17H,2,5,7-10,12-16H2,1H3,(H2,22,24,25);1H. The summed E-state index contributed by atoms with van der Waals surface area (Å²) in [6, 6.07) is 6.41. The highest BCUT2D eigenvalue weighted by molar-refractivity contribution is 14.0. The molecule has 0 spiro atoms. The monoisotopic (exact) mass is 528 g/mol. The number of guanidine groups is 1. The van der Waals surface area contributed by atoms with Crippen LogP contribution in [0.3, 0.4) is 0 Å². The summed E-state index contributed by atoms with van der Waals surface area (Å²) < 4.78 is 0. The van der Waals surface area contributed by atoms with Crippen molar-refractivity contribution in [2.24, 2.45) is 4.99 Å². The number of nitrogens with one attached hydrogen (secondary N) is 2. The van der Waals surface area contributed by atoms with Crippen molar-refractivity contribution in [1.82, 2.24) is 25.4 Å². The Morgan fingerprint density at radius 3 is 2.57 bits per heavy atom. The number of pyridine rings is 1. The van der Waals surface area contributed by atoms with Gasteiger partial charge < -0.3 is 10.6 Å². The maximum atomic E-state index is 11.9. The van der Waals surface area contributed by atoms with Crippen LogP contribution in [-0.4, -0.2) is 71.3 Å². The van der Waals surface area contributed by atoms with Crippen LogP contribution in [-0.2, 0) is 16.1 Å². The van der Waals surface area contributed by atoms with Crippen molar-refractivity contribution in [2.75, 3.05) is 32.7 Å². The Hall–Kier alpha value is -1.75. The molecule has 0 saturated carbocycles. The molecular weight excluding hydrogens is 495 g/mol. The number of aliphatic imine (C=N–C) groups is 1. The minimum Gasteiger partial charge on any atom is -0.357 e. The summed E-state index contributed by atoms with van der Waals surface area (Å²) in [6.45, 7) is 6.51. The second-order valence-corrected chi connectivity index (χ2v) is 7.57. The van der Waals surface area contributed by atoms with E-state index in [1.807, 2.05) is 25.3 Å². The quantitative estimate of drug-likeness (QED) is 0.243. The van der Waals surface area contributed by atoms with Crippen LogP contribution >= 0.6 is 24.0 Å². The van der Waals surface area contributed by atoms with Crippen LogP contribution in [0.1, 0.15) is 44.7 Å². The molecule has 0 aliphatic carbocycles. The van der Waals surface area contributed by atoms with E-state index < -0.39 is 0 Å². The Labute approximate surface area is 195 Å². The molecule has 8 nitrogen and oxygen atoms in total. The van der Waals surface area contributed by atoms with Gasteiger partial charge in [-0.25, -0.2) is 0 Å². The normalized spacial score (nSPS) is 18.8. The number of amides is 2. The van der Waals surface area contributed by atoms with Crippen LogP contribution < -0.4 is 10.6 Å². The third kappa shape index (κ3) is 7.50. The maximum Gasteiger partial charge on any atom is 0.229 e. The van der Waals surface area contributed by atoms with Gasteiger partial charge in [0.05, 0.1) is 12.2 Å². The van der Waals surface area contributed by atoms with Gasteiger partial charge in [0, 0.05) is 57.8 Å². The van der Waals surface area contributed by atoms with Crippen LogP contribution in [0.2, 0.25) is 0 Å². The molecule has 2 aliphatic heterocycles. The highest BCUT2D eigenvalue weighted by Crippen LogP contribution is 2.13. The van der Waals surface area contributed by atoms with Crippen molar-refractivity contribution >= 4 is 41.8 Å². The van der Waals surface area contributed by atoms with Gasteiger partial charge in [-0.05, 0) is 38.3 Å². The lowest BCUT2D eigenvalue weighted by molar-refractivity contribution is -0.147. The summed E-state index contributed by atoms with van der Waals surface area (Å²) in [7, 11) is 0. The molecule has 30 heavy (non-hydrogen) atoms. The van der Waals surface area contributed by atoms with Crippen LogP contribution in [0.15, 0.2) is 29.4 Å². The number of likely N-dealkylation sites (tertiary alicyclic amines) is 2. The van der Waals surface area contributed by atoms with Crippen molar-refractivity contribution in [2.45, 2.75) is 51.6 Å². The maximum absolute atomic E-state index is 11.9. The van der Waals surface area contributed by atoms with Crippen LogP contribution in [0.25, 0.3) is 0 Å². The van der Waals surface area contributed by atoms with Crippen LogP contribution in [0, 0.1) is 0 Å². The molecule has 3 heterocycles. The topological polar surface area (TPSA) is 89.9 Å². The first-order valence-electron chi connectivity index (χ1n) is 10.7. The Balaban J connectivity index is 0.00000320. The lowest BCUT2D eigenvalue weighted by Gasteiger charge is -2.33. The number of carbonyl (C=O) groups is 2. The molecule has 9 heteroatoms. The lowest BCUT2D eigenvalue weighted by Crippen LogP contribution is -2.49. The molecule has 2 amide bonds. The number of carbonyl (C=O) groups excluding carboxylic acids is 2. The van der Waals surface area contributed by atoms with Gasteiger partial charge in [-0.2, -0.15) is 0 Å². The first kappa shape index (κ1) is 24.5. The van der Waals surface area contributed by atoms with Gasteiger partial charge in [-0.15, -0.1) is 24.0 Å². The molecule has 0 atom stereocenters. The van der Waals surface area contributed by atoms with Crippen molar-refractivity contribution in [3.8, 4) is 0 Å². The van der Waals surface area contributed by atoms with E-state index in [1.165, 1.54) is 4.90 Å². The third-order valence-corrected chi connectivity index (χ3v) is 5.36. The number of hydrogen-bond acceptors (Lipinski definition) is 5. The predicted octanol–water partition coefficient (Wildman–Crippen LogP) is 1.76. The zero-order chi connectivity index (χ0) is 20.5. The second-order valence-electron chi connectivity index (χ2n) is 7.57. The van der Waals surface area contributed by atoms with E-state index in [-0.39, 0.29) is 35.8 Å². The van der Waals surface area contributed by atoms with E-state index in [2.05, 4.69) is 31.6 Å². The minimum atomic E-state index is -0.0744. The number of rotatable bonds is 7. The summed E-state index contributed by atoms with van der Waals surface area (Å²) in [5, 5.41) is 6.78. The summed E-state index contributed by atoms with van der Waals surface area (Å²) in [5.74, 6) is 0.608. The van der Waals surface area contributed by atoms with E-state index in [1.54, 1.807) is 0 Å². The molecule has 0 aromatic carbocycles. The Kier molecular flexibility index (Phi) is 10.5. The number of halogens is 1. The minimum absolute atomic E-state index is 0. The first-order chi connectivity index (χ1) is 14.2. The van der Waals surface area contributed by atoms with E-state index in [4.69, 9.17) is 0 Å². The van der Waals surface area contributed by atoms with Crippen molar-refractivity contribution in [3.05, 3.63) is 30.1 Å². The number of imide groups is 1. The molecule has 0 radical (unpaired) electrons. The van der Waals surface area contributed by atoms with E-state index >= 15 is 0 Å². The number of piperidine rings is 2. The SMILES string of the molecule is CCNC(=NCCN1C(=O)CCCC1=O)NC1CCN(Cc2ccccn2)CC1.I. The van der Waals surface area contributed by atoms with Crippen LogP contribution in [0.4, 0.5) is 0 Å². The van der Waals surface area contributed by atoms with Crippen molar-refractivity contribution < 1.29 is 9.59 Å².